The molecule has 15 nitrogen and oxygen atoms in total. The summed E-state index contributed by atoms with van der Waals surface area (Å²) in [6.45, 7) is 3.87. The molecule has 0 saturated heterocycles. The van der Waals surface area contributed by atoms with Gasteiger partial charge in [-0.25, -0.2) is 23.3 Å². The summed E-state index contributed by atoms with van der Waals surface area (Å²) in [4.78, 5) is 41.0. The monoisotopic (exact) mass is 665 g/mol. The van der Waals surface area contributed by atoms with Crippen LogP contribution in [-0.2, 0) is 25.0 Å². The molecule has 248 valence electrons. The topological polar surface area (TPSA) is 193 Å². The number of phosphoric ester groups is 1. The normalized spacial score (nSPS) is 11.6. The van der Waals surface area contributed by atoms with E-state index in [0.717, 1.165) is 6.07 Å². The van der Waals surface area contributed by atoms with Gasteiger partial charge in [0.15, 0.2) is 17.5 Å². The lowest BCUT2D eigenvalue weighted by atomic mass is 10.2. The summed E-state index contributed by atoms with van der Waals surface area (Å²) in [6, 6.07) is 8.46. The fraction of sp³-hybridized carbons (Fsp3) is 0.357. The molecule has 0 aliphatic heterocycles. The van der Waals surface area contributed by atoms with Gasteiger partial charge in [0.05, 0.1) is 36.2 Å². The van der Waals surface area contributed by atoms with Crippen LogP contribution in [0.1, 0.15) is 12.6 Å². The van der Waals surface area contributed by atoms with Gasteiger partial charge in [0, 0.05) is 44.1 Å². The minimum atomic E-state index is -4.56. The van der Waals surface area contributed by atoms with Crippen molar-refractivity contribution in [2.45, 2.75) is 13.3 Å². The number of fused-ring (bicyclic) bond motifs is 1. The number of halogens is 2. The number of carbonyl (C=O) groups excluding carboxylic acids is 1. The van der Waals surface area contributed by atoms with E-state index in [1.54, 1.807) is 25.3 Å². The Morgan fingerprint density at radius 2 is 1.87 bits per heavy atom. The van der Waals surface area contributed by atoms with Crippen molar-refractivity contribution in [3.63, 3.8) is 0 Å². The molecule has 0 spiro atoms. The Balaban J connectivity index is 1.49. The van der Waals surface area contributed by atoms with Crippen molar-refractivity contribution in [2.24, 2.45) is 0 Å². The average Bonchev–Trinajstić information content (AvgIpc) is 3.44. The molecule has 2 aromatic carbocycles. The summed E-state index contributed by atoms with van der Waals surface area (Å²) >= 11 is 0. The van der Waals surface area contributed by atoms with E-state index in [2.05, 4.69) is 35.3 Å². The van der Waals surface area contributed by atoms with E-state index in [1.165, 1.54) is 18.5 Å². The molecule has 0 atom stereocenters. The molecule has 18 heteroatoms. The van der Waals surface area contributed by atoms with Gasteiger partial charge in [0.25, 0.3) is 0 Å². The molecule has 2 aromatic heterocycles. The van der Waals surface area contributed by atoms with Gasteiger partial charge in [-0.05, 0) is 18.7 Å². The second kappa shape index (κ2) is 16.4. The predicted molar refractivity (Wildman–Crippen MR) is 163 cm³/mol. The van der Waals surface area contributed by atoms with Crippen LogP contribution in [-0.4, -0.2) is 93.9 Å². The summed E-state index contributed by atoms with van der Waals surface area (Å²) in [5, 5.41) is 12.9. The van der Waals surface area contributed by atoms with Crippen molar-refractivity contribution in [3.05, 3.63) is 60.1 Å². The molecule has 0 unspecified atom stereocenters. The zero-order valence-corrected chi connectivity index (χ0v) is 25.9. The lowest BCUT2D eigenvalue weighted by Crippen LogP contribution is -2.31. The van der Waals surface area contributed by atoms with Crippen LogP contribution in [0.5, 0.6) is 11.5 Å². The number of amides is 1. The fourth-order valence-corrected chi connectivity index (χ4v) is 4.59. The second-order valence-corrected chi connectivity index (χ2v) is 11.0. The smallest absolute Gasteiger partial charge is 0.469 e. The van der Waals surface area contributed by atoms with Crippen LogP contribution in [0, 0.1) is 11.6 Å². The minimum absolute atomic E-state index is 0.152. The summed E-state index contributed by atoms with van der Waals surface area (Å²) < 4.78 is 60.0. The number of nitrogens with one attached hydrogen (secondary N) is 3. The third kappa shape index (κ3) is 10.1. The highest BCUT2D eigenvalue weighted by Gasteiger charge is 2.18. The van der Waals surface area contributed by atoms with Crippen molar-refractivity contribution in [2.75, 3.05) is 63.8 Å². The molecule has 0 aliphatic carbocycles. The number of carbonyl (C=O) groups is 1. The number of aromatic nitrogens is 4. The van der Waals surface area contributed by atoms with Crippen LogP contribution < -0.4 is 20.1 Å². The zero-order valence-electron chi connectivity index (χ0n) is 25.0. The molecule has 4 rings (SSSR count). The third-order valence-corrected chi connectivity index (χ3v) is 6.98. The van der Waals surface area contributed by atoms with Crippen LogP contribution >= 0.6 is 7.82 Å². The van der Waals surface area contributed by atoms with Gasteiger partial charge in [-0.2, -0.15) is 5.10 Å². The Morgan fingerprint density at radius 1 is 1.07 bits per heavy atom. The van der Waals surface area contributed by atoms with Gasteiger partial charge in [-0.1, -0.05) is 13.0 Å². The van der Waals surface area contributed by atoms with E-state index >= 15 is 0 Å². The Kier molecular flexibility index (Phi) is 12.3. The number of methoxy groups -OCH3 is 1. The first-order chi connectivity index (χ1) is 22.1. The summed E-state index contributed by atoms with van der Waals surface area (Å²) in [5.74, 6) is -1.28. The number of hydrogen-bond donors (Lipinski definition) is 5. The predicted octanol–water partition coefficient (Wildman–Crippen LogP) is 3.39. The maximum Gasteiger partial charge on any atom is 0.469 e. The maximum absolute atomic E-state index is 13.9. The van der Waals surface area contributed by atoms with Gasteiger partial charge in [0.1, 0.15) is 36.9 Å². The first kappa shape index (κ1) is 34.6. The standard InChI is InChI=1S/C28H34F2N7O8P/c1-3-37(8-10-45-46(39,40)41)7-9-44-23-16-19(43-12-11-42-2)15-22-26(23)28(32-17-31-22)34-24-13-18(35-36-24)14-25(38)33-21-6-4-5-20(29)27(21)30/h4-6,13,15-17H,3,7-12,14H2,1-2H3,(H,33,38)(H2,39,40,41)(H2,31,32,34,35,36). The average molecular weight is 666 g/mol. The second-order valence-electron chi connectivity index (χ2n) is 9.72. The molecule has 1 amide bonds. The van der Waals surface area contributed by atoms with Crippen molar-refractivity contribution < 1.29 is 46.7 Å². The first-order valence-electron chi connectivity index (χ1n) is 14.1. The van der Waals surface area contributed by atoms with Crippen LogP contribution in [0.15, 0.2) is 42.7 Å². The number of nitrogens with zero attached hydrogens (tertiary/aromatic N) is 4. The SMILES string of the molecule is CCN(CCOc1cc(OCCOC)cc2ncnc(Nc3cc(CC(=O)Nc4cccc(F)c4F)[nH]n3)c12)CCOP(=O)(O)O. The number of anilines is 3. The number of hydrogen-bond acceptors (Lipinski definition) is 11. The van der Waals surface area contributed by atoms with E-state index in [-0.39, 0.29) is 38.5 Å². The molecule has 0 aliphatic rings. The molecule has 46 heavy (non-hydrogen) atoms. The number of likely N-dealkylation sites (N-methyl/N-ethyl adjacent to an activating group) is 1. The Morgan fingerprint density at radius 3 is 2.63 bits per heavy atom. The highest BCUT2D eigenvalue weighted by atomic mass is 31.2. The molecule has 0 saturated carbocycles. The number of H-pyrrole nitrogens is 1. The Hall–Kier alpha value is -4.25. The molecule has 5 N–H and O–H groups in total. The lowest BCUT2D eigenvalue weighted by molar-refractivity contribution is -0.115. The number of benzene rings is 2. The van der Waals surface area contributed by atoms with Crippen molar-refractivity contribution in [1.82, 2.24) is 25.1 Å². The molecule has 0 fully saturated rings. The molecule has 0 radical (unpaired) electrons. The third-order valence-electron chi connectivity index (χ3n) is 6.46. The first-order valence-corrected chi connectivity index (χ1v) is 15.6. The van der Waals surface area contributed by atoms with Gasteiger partial charge in [0.2, 0.25) is 5.91 Å². The Labute approximate surface area is 262 Å². The van der Waals surface area contributed by atoms with Gasteiger partial charge < -0.3 is 34.6 Å². The molecule has 2 heterocycles. The van der Waals surface area contributed by atoms with Crippen LogP contribution in [0.3, 0.4) is 0 Å². The number of rotatable bonds is 18. The highest BCUT2D eigenvalue weighted by molar-refractivity contribution is 7.46. The van der Waals surface area contributed by atoms with E-state index in [9.17, 15) is 18.1 Å². The van der Waals surface area contributed by atoms with Crippen LogP contribution in [0.2, 0.25) is 0 Å². The quantitative estimate of drug-likeness (QED) is 0.0768. The van der Waals surface area contributed by atoms with E-state index in [4.69, 9.17) is 24.0 Å². The molecular weight excluding hydrogens is 631 g/mol. The number of aromatic amines is 1. The fourth-order valence-electron chi connectivity index (χ4n) is 4.27. The number of phosphoric acid groups is 1. The van der Waals surface area contributed by atoms with E-state index in [1.807, 2.05) is 11.8 Å². The van der Waals surface area contributed by atoms with E-state index in [0.29, 0.717) is 59.4 Å². The highest BCUT2D eigenvalue weighted by Crippen LogP contribution is 2.36. The van der Waals surface area contributed by atoms with Crippen molar-refractivity contribution >= 4 is 42.0 Å². The largest absolute Gasteiger partial charge is 0.491 e. The van der Waals surface area contributed by atoms with E-state index < -0.39 is 25.4 Å². The van der Waals surface area contributed by atoms with Gasteiger partial charge in [-0.15, -0.1) is 0 Å². The molecule has 4 aromatic rings. The minimum Gasteiger partial charge on any atom is -0.491 e. The lowest BCUT2D eigenvalue weighted by Gasteiger charge is -2.21. The summed E-state index contributed by atoms with van der Waals surface area (Å²) in [5.41, 5.74) is 0.616. The number of ether oxygens (including phenoxy) is 3. The van der Waals surface area contributed by atoms with Gasteiger partial charge in [-0.3, -0.25) is 19.3 Å². The molecule has 0 bridgehead atoms. The zero-order chi connectivity index (χ0) is 33.1. The van der Waals surface area contributed by atoms with Crippen LogP contribution in [0.25, 0.3) is 10.9 Å². The van der Waals surface area contributed by atoms with Crippen LogP contribution in [0.4, 0.5) is 26.1 Å². The summed E-state index contributed by atoms with van der Waals surface area (Å²) in [6.07, 6.45) is 1.15. The van der Waals surface area contributed by atoms with Gasteiger partial charge >= 0.3 is 7.82 Å². The maximum atomic E-state index is 13.9. The summed E-state index contributed by atoms with van der Waals surface area (Å²) in [7, 11) is -3.00. The molecular formula is C28H34F2N7O8P. The van der Waals surface area contributed by atoms with Crippen molar-refractivity contribution in [1.29, 1.82) is 0 Å². The Bertz CT molecular complexity index is 1670. The van der Waals surface area contributed by atoms with Crippen molar-refractivity contribution in [3.8, 4) is 11.5 Å².